The van der Waals surface area contributed by atoms with Crippen LogP contribution in [0.2, 0.25) is 0 Å². The van der Waals surface area contributed by atoms with Crippen molar-refractivity contribution in [2.24, 2.45) is 10.8 Å². The summed E-state index contributed by atoms with van der Waals surface area (Å²) in [6.45, 7) is 16.0. The van der Waals surface area contributed by atoms with Crippen molar-refractivity contribution in [1.29, 1.82) is 0 Å². The molecule has 0 N–H and O–H groups in total. The van der Waals surface area contributed by atoms with E-state index in [1.807, 2.05) is 0 Å². The third-order valence-corrected chi connectivity index (χ3v) is 4.91. The molecule has 2 aromatic rings. The summed E-state index contributed by atoms with van der Waals surface area (Å²) >= 11 is 0. The smallest absolute Gasteiger partial charge is 0.418 e. The quantitative estimate of drug-likeness (QED) is 0.271. The maximum atomic E-state index is 9.75. The van der Waals surface area contributed by atoms with E-state index in [9.17, 15) is 17.3 Å². The number of halogens is 4. The van der Waals surface area contributed by atoms with Gasteiger partial charge < -0.3 is 17.3 Å². The van der Waals surface area contributed by atoms with Crippen LogP contribution in [0.25, 0.3) is 0 Å². The zero-order chi connectivity index (χ0) is 24.2. The molecule has 0 bridgehead atoms. The Morgan fingerprint density at radius 3 is 1.59 bits per heavy atom. The third kappa shape index (κ3) is 8.68. The van der Waals surface area contributed by atoms with Gasteiger partial charge in [-0.25, -0.2) is 0 Å². The van der Waals surface area contributed by atoms with Gasteiger partial charge >= 0.3 is 7.25 Å². The lowest BCUT2D eigenvalue weighted by Gasteiger charge is -2.29. The van der Waals surface area contributed by atoms with E-state index < -0.39 is 7.25 Å². The van der Waals surface area contributed by atoms with Gasteiger partial charge in [0.2, 0.25) is 6.34 Å². The molecule has 7 heteroatoms. The van der Waals surface area contributed by atoms with Gasteiger partial charge in [-0.2, -0.15) is 0 Å². The van der Waals surface area contributed by atoms with Gasteiger partial charge in [0.05, 0.1) is 13.1 Å². The van der Waals surface area contributed by atoms with Gasteiger partial charge in [-0.15, -0.1) is 0 Å². The Hall–Kier alpha value is -2.31. The maximum Gasteiger partial charge on any atom is 0.673 e. The summed E-state index contributed by atoms with van der Waals surface area (Å²) in [5.74, 6) is 0. The van der Waals surface area contributed by atoms with Gasteiger partial charge in [0.1, 0.15) is 0 Å². The van der Waals surface area contributed by atoms with Gasteiger partial charge in [0, 0.05) is 11.1 Å². The van der Waals surface area contributed by atoms with Crippen LogP contribution < -0.4 is 0 Å². The summed E-state index contributed by atoms with van der Waals surface area (Å²) in [6, 6.07) is 22.7. The zero-order valence-corrected chi connectivity index (χ0v) is 19.9. The SMILES string of the molecule is CC(C)(C)CN1C=[N+](CC(C)(C)C)[C@H](c2ccccc2)[C@H]1c1ccccc1.F[B-](F)(F)F. The van der Waals surface area contributed by atoms with Crippen LogP contribution in [0.5, 0.6) is 0 Å². The number of benzene rings is 2. The van der Waals surface area contributed by atoms with Crippen molar-refractivity contribution < 1.29 is 21.8 Å². The van der Waals surface area contributed by atoms with E-state index in [0.29, 0.717) is 12.1 Å². The van der Waals surface area contributed by atoms with E-state index in [2.05, 4.69) is 118 Å². The molecule has 1 aliphatic rings. The molecule has 0 radical (unpaired) electrons. The summed E-state index contributed by atoms with van der Waals surface area (Å²) in [7, 11) is -6.00. The second kappa shape index (κ2) is 10.1. The second-order valence-electron chi connectivity index (χ2n) is 10.8. The Morgan fingerprint density at radius 1 is 0.750 bits per heavy atom. The standard InChI is InChI=1S/C25H35N2.BF4/c1-24(2,3)17-26-19-27(18-25(4,5)6)23(21-15-11-8-12-16-21)22(26)20-13-9-7-10-14-20;2-1(3,4)5/h7-16,19,22-23H,17-18H2,1-6H3;/q+1;-1/t22-,23-;/m1./s1. The van der Waals surface area contributed by atoms with Crippen molar-refractivity contribution in [3.8, 4) is 0 Å². The van der Waals surface area contributed by atoms with Gasteiger partial charge in [-0.05, 0) is 10.8 Å². The molecule has 1 aliphatic heterocycles. The molecule has 0 unspecified atom stereocenters. The molecule has 0 aliphatic carbocycles. The van der Waals surface area contributed by atoms with E-state index in [0.717, 1.165) is 13.1 Å². The minimum absolute atomic E-state index is 0.239. The van der Waals surface area contributed by atoms with Crippen LogP contribution >= 0.6 is 0 Å². The molecule has 0 saturated carbocycles. The van der Waals surface area contributed by atoms with Crippen LogP contribution in [0.3, 0.4) is 0 Å². The fourth-order valence-electron chi connectivity index (χ4n) is 4.12. The maximum absolute atomic E-state index is 9.75. The van der Waals surface area contributed by atoms with E-state index in [1.54, 1.807) is 0 Å². The molecule has 0 spiro atoms. The van der Waals surface area contributed by atoms with Gasteiger partial charge in [-0.3, -0.25) is 9.48 Å². The first-order valence-corrected chi connectivity index (χ1v) is 11.0. The van der Waals surface area contributed by atoms with Crippen LogP contribution in [-0.2, 0) is 0 Å². The van der Waals surface area contributed by atoms with Crippen molar-refractivity contribution in [3.63, 3.8) is 0 Å². The molecular formula is C25H35BF4N2. The first kappa shape index (κ1) is 26.0. The minimum atomic E-state index is -6.00. The lowest BCUT2D eigenvalue weighted by atomic mass is 9.89. The van der Waals surface area contributed by atoms with Crippen LogP contribution in [0, 0.1) is 10.8 Å². The van der Waals surface area contributed by atoms with Crippen molar-refractivity contribution in [3.05, 3.63) is 71.8 Å². The molecule has 2 atom stereocenters. The molecule has 0 saturated heterocycles. The van der Waals surface area contributed by atoms with Crippen molar-refractivity contribution in [1.82, 2.24) is 4.90 Å². The molecule has 0 aromatic heterocycles. The summed E-state index contributed by atoms with van der Waals surface area (Å²) in [5.41, 5.74) is 3.26. The summed E-state index contributed by atoms with van der Waals surface area (Å²) in [4.78, 5) is 2.57. The zero-order valence-electron chi connectivity index (χ0n) is 19.9. The highest BCUT2D eigenvalue weighted by atomic mass is 19.5. The van der Waals surface area contributed by atoms with E-state index in [1.165, 1.54) is 11.1 Å². The van der Waals surface area contributed by atoms with Gasteiger partial charge in [0.25, 0.3) is 0 Å². The van der Waals surface area contributed by atoms with Crippen LogP contribution in [0.15, 0.2) is 60.7 Å². The number of hydrogen-bond donors (Lipinski definition) is 0. The first-order valence-electron chi connectivity index (χ1n) is 11.0. The van der Waals surface area contributed by atoms with Crippen molar-refractivity contribution >= 4 is 13.6 Å². The highest BCUT2D eigenvalue weighted by Crippen LogP contribution is 2.42. The largest absolute Gasteiger partial charge is 0.673 e. The highest BCUT2D eigenvalue weighted by molar-refractivity contribution is 6.50. The summed E-state index contributed by atoms with van der Waals surface area (Å²) < 4.78 is 41.6. The second-order valence-corrected chi connectivity index (χ2v) is 10.8. The molecule has 2 nitrogen and oxygen atoms in total. The van der Waals surface area contributed by atoms with Crippen LogP contribution in [0.4, 0.5) is 17.3 Å². The highest BCUT2D eigenvalue weighted by Gasteiger charge is 2.45. The molecule has 2 aromatic carbocycles. The number of hydrogen-bond acceptors (Lipinski definition) is 1. The lowest BCUT2D eigenvalue weighted by molar-refractivity contribution is -0.574. The van der Waals surface area contributed by atoms with E-state index in [4.69, 9.17) is 0 Å². The van der Waals surface area contributed by atoms with Crippen molar-refractivity contribution in [2.45, 2.75) is 53.6 Å². The molecule has 3 rings (SSSR count). The predicted molar refractivity (Wildman–Crippen MR) is 125 cm³/mol. The van der Waals surface area contributed by atoms with Gasteiger partial charge in [0.15, 0.2) is 12.1 Å². The van der Waals surface area contributed by atoms with E-state index >= 15 is 0 Å². The fraction of sp³-hybridized carbons (Fsp3) is 0.480. The van der Waals surface area contributed by atoms with Crippen molar-refractivity contribution in [2.75, 3.05) is 13.1 Å². The average molecular weight is 450 g/mol. The molecule has 176 valence electrons. The van der Waals surface area contributed by atoms with E-state index in [-0.39, 0.29) is 10.8 Å². The Labute approximate surface area is 190 Å². The predicted octanol–water partition coefficient (Wildman–Crippen LogP) is 7.22. The number of rotatable bonds is 4. The summed E-state index contributed by atoms with van der Waals surface area (Å²) in [5, 5.41) is 0. The molecule has 0 fully saturated rings. The lowest BCUT2D eigenvalue weighted by Crippen LogP contribution is -2.33. The Morgan fingerprint density at radius 2 is 1.19 bits per heavy atom. The molecular weight excluding hydrogens is 415 g/mol. The normalized spacial score (nSPS) is 19.3. The fourth-order valence-corrected chi connectivity index (χ4v) is 4.12. The minimum Gasteiger partial charge on any atom is -0.418 e. The van der Waals surface area contributed by atoms with Crippen LogP contribution in [0.1, 0.15) is 64.8 Å². The van der Waals surface area contributed by atoms with Crippen LogP contribution in [-0.4, -0.2) is 36.2 Å². The molecule has 0 amide bonds. The molecule has 32 heavy (non-hydrogen) atoms. The van der Waals surface area contributed by atoms with Gasteiger partial charge in [-0.1, -0.05) is 102 Å². The first-order chi connectivity index (χ1) is 14.6. The Balaban J connectivity index is 0.000000654. The third-order valence-electron chi connectivity index (χ3n) is 4.91. The Kier molecular flexibility index (Phi) is 8.19. The topological polar surface area (TPSA) is 6.25 Å². The summed E-state index contributed by atoms with van der Waals surface area (Å²) in [6.07, 6.45) is 2.39. The Bertz CT molecular complexity index is 863. The monoisotopic (exact) mass is 450 g/mol. The number of nitrogens with zero attached hydrogens (tertiary/aromatic N) is 2. The average Bonchev–Trinajstić information content (AvgIpc) is 2.95. The molecule has 1 heterocycles.